The van der Waals surface area contributed by atoms with Crippen LogP contribution in [-0.4, -0.2) is 33.3 Å². The summed E-state index contributed by atoms with van der Waals surface area (Å²) < 4.78 is 0. The van der Waals surface area contributed by atoms with Crippen LogP contribution in [0.2, 0.25) is 0 Å². The second-order valence-corrected chi connectivity index (χ2v) is 13.7. The molecular weight excluding hydrogens is 532 g/mol. The molecule has 43 heavy (non-hydrogen) atoms. The quantitative estimate of drug-likeness (QED) is 0.0976. The van der Waals surface area contributed by atoms with Gasteiger partial charge in [-0.25, -0.2) is 0 Å². The molecule has 2 aliphatic carbocycles. The first-order valence-corrected chi connectivity index (χ1v) is 15.4. The van der Waals surface area contributed by atoms with Crippen molar-refractivity contribution in [3.63, 3.8) is 0 Å². The standard InChI is InChI=1S/C39H54O4/c1-27(16-12-17-29(3)20-21-34-30(4)22-32(40)25-38(34,6)7)14-10-11-15-28(2)18-13-19-36(42)37(43)24-35-31(5)23-33(41)26-39(35,8)9/h10-22,32-34,40-42H,23-26H2,1-9H3/b11-10+,16-12+,18-13+,21-20+,27-14+,28-15+,29-17+,36-19-/t32-,33-,34+/m1/s1. The molecule has 0 aromatic rings. The zero-order valence-electron chi connectivity index (χ0n) is 27.8. The van der Waals surface area contributed by atoms with Crippen LogP contribution < -0.4 is 0 Å². The second kappa shape index (κ2) is 16.0. The van der Waals surface area contributed by atoms with E-state index in [0.29, 0.717) is 18.8 Å². The van der Waals surface area contributed by atoms with E-state index in [1.165, 1.54) is 17.2 Å². The summed E-state index contributed by atoms with van der Waals surface area (Å²) in [6.07, 6.45) is 27.0. The lowest BCUT2D eigenvalue weighted by atomic mass is 9.67. The van der Waals surface area contributed by atoms with E-state index in [1.54, 1.807) is 6.08 Å². The lowest BCUT2D eigenvalue weighted by Gasteiger charge is -2.38. The smallest absolute Gasteiger partial charge is 0.201 e. The Bertz CT molecular complexity index is 1310. The van der Waals surface area contributed by atoms with Crippen LogP contribution in [0.5, 0.6) is 0 Å². The Labute approximate surface area is 260 Å². The van der Waals surface area contributed by atoms with E-state index < -0.39 is 0 Å². The predicted molar refractivity (Wildman–Crippen MR) is 182 cm³/mol. The van der Waals surface area contributed by atoms with Crippen LogP contribution in [0.1, 0.15) is 88.0 Å². The van der Waals surface area contributed by atoms with Crippen molar-refractivity contribution in [3.8, 4) is 0 Å². The molecule has 0 radical (unpaired) electrons. The van der Waals surface area contributed by atoms with Crippen molar-refractivity contribution in [1.29, 1.82) is 0 Å². The maximum atomic E-state index is 12.6. The molecule has 0 amide bonds. The van der Waals surface area contributed by atoms with Gasteiger partial charge in [0.1, 0.15) is 0 Å². The van der Waals surface area contributed by atoms with E-state index in [1.807, 2.05) is 64.2 Å². The highest BCUT2D eigenvalue weighted by molar-refractivity contribution is 5.95. The maximum Gasteiger partial charge on any atom is 0.201 e. The van der Waals surface area contributed by atoms with Gasteiger partial charge in [-0.2, -0.15) is 0 Å². The summed E-state index contributed by atoms with van der Waals surface area (Å²) in [4.78, 5) is 12.6. The fourth-order valence-corrected chi connectivity index (χ4v) is 6.21. The van der Waals surface area contributed by atoms with Crippen LogP contribution in [0.15, 0.2) is 118 Å². The molecule has 0 aromatic heterocycles. The Morgan fingerprint density at radius 1 is 0.837 bits per heavy atom. The molecule has 2 rings (SSSR count). The Kier molecular flexibility index (Phi) is 13.4. The van der Waals surface area contributed by atoms with Crippen molar-refractivity contribution in [2.75, 3.05) is 0 Å². The summed E-state index contributed by atoms with van der Waals surface area (Å²) in [5, 5.41) is 30.4. The van der Waals surface area contributed by atoms with E-state index in [2.05, 4.69) is 65.0 Å². The van der Waals surface area contributed by atoms with E-state index >= 15 is 0 Å². The minimum absolute atomic E-state index is 0.0343. The number of rotatable bonds is 11. The molecular formula is C39H54O4. The van der Waals surface area contributed by atoms with Crippen LogP contribution in [0.25, 0.3) is 0 Å². The number of carbonyl (C=O) groups excluding carboxylic acids is 1. The molecule has 4 nitrogen and oxygen atoms in total. The first kappa shape index (κ1) is 36.0. The highest BCUT2D eigenvalue weighted by Gasteiger charge is 2.35. The van der Waals surface area contributed by atoms with Crippen LogP contribution in [0.4, 0.5) is 0 Å². The summed E-state index contributed by atoms with van der Waals surface area (Å²) in [7, 11) is 0. The highest BCUT2D eigenvalue weighted by atomic mass is 16.3. The van der Waals surface area contributed by atoms with E-state index in [9.17, 15) is 20.1 Å². The molecule has 0 aromatic carbocycles. The minimum atomic E-state index is -0.376. The molecule has 0 fully saturated rings. The van der Waals surface area contributed by atoms with Gasteiger partial charge < -0.3 is 15.3 Å². The average molecular weight is 587 g/mol. The van der Waals surface area contributed by atoms with Crippen molar-refractivity contribution in [3.05, 3.63) is 118 Å². The molecule has 0 unspecified atom stereocenters. The van der Waals surface area contributed by atoms with Gasteiger partial charge in [0.2, 0.25) is 5.78 Å². The van der Waals surface area contributed by atoms with E-state index in [-0.39, 0.29) is 41.0 Å². The van der Waals surface area contributed by atoms with E-state index in [0.717, 1.165) is 28.7 Å². The van der Waals surface area contributed by atoms with Crippen molar-refractivity contribution in [2.45, 2.75) is 100 Å². The van der Waals surface area contributed by atoms with Gasteiger partial charge in [-0.15, -0.1) is 0 Å². The Morgan fingerprint density at radius 2 is 1.37 bits per heavy atom. The van der Waals surface area contributed by atoms with Gasteiger partial charge >= 0.3 is 0 Å². The summed E-state index contributed by atoms with van der Waals surface area (Å²) in [5.41, 5.74) is 6.34. The van der Waals surface area contributed by atoms with E-state index in [4.69, 9.17) is 0 Å². The summed E-state index contributed by atoms with van der Waals surface area (Å²) in [6.45, 7) is 18.7. The van der Waals surface area contributed by atoms with Gasteiger partial charge in [-0.3, -0.25) is 4.79 Å². The first-order valence-electron chi connectivity index (χ1n) is 15.4. The topological polar surface area (TPSA) is 77.8 Å². The number of ketones is 1. The molecule has 0 heterocycles. The molecule has 4 heteroatoms. The van der Waals surface area contributed by atoms with Gasteiger partial charge in [0, 0.05) is 12.3 Å². The lowest BCUT2D eigenvalue weighted by Crippen LogP contribution is -2.32. The zero-order chi connectivity index (χ0) is 32.4. The molecule has 0 aliphatic heterocycles. The molecule has 0 bridgehead atoms. The Balaban J connectivity index is 1.90. The number of carbonyl (C=O) groups is 1. The largest absolute Gasteiger partial charge is 0.504 e. The third-order valence-electron chi connectivity index (χ3n) is 8.48. The van der Waals surface area contributed by atoms with Gasteiger partial charge in [-0.1, -0.05) is 134 Å². The molecule has 0 saturated carbocycles. The fraction of sp³-hybridized carbons (Fsp3) is 0.462. The highest BCUT2D eigenvalue weighted by Crippen LogP contribution is 2.43. The third kappa shape index (κ3) is 11.8. The average Bonchev–Trinajstić information content (AvgIpc) is 2.87. The monoisotopic (exact) mass is 586 g/mol. The van der Waals surface area contributed by atoms with Gasteiger partial charge in [0.05, 0.1) is 12.2 Å². The number of hydrogen-bond acceptors (Lipinski definition) is 4. The SMILES string of the molecule is CC1=C[C@@H](O)CC(C)(C)[C@H]1/C=C/C(C)=C/C=C/C(C)=C/C=C/C=C(C)/C=C/C=C(\O)C(=O)CC1=C(C)C[C@@H](O)CC1(C)C. The van der Waals surface area contributed by atoms with Crippen molar-refractivity contribution in [1.82, 2.24) is 0 Å². The fourth-order valence-electron chi connectivity index (χ4n) is 6.21. The second-order valence-electron chi connectivity index (χ2n) is 13.7. The van der Waals surface area contributed by atoms with Crippen LogP contribution in [0.3, 0.4) is 0 Å². The lowest BCUT2D eigenvalue weighted by molar-refractivity contribution is -0.117. The van der Waals surface area contributed by atoms with Crippen molar-refractivity contribution in [2.24, 2.45) is 16.7 Å². The number of allylic oxidation sites excluding steroid dienone is 18. The normalized spacial score (nSPS) is 25.9. The predicted octanol–water partition coefficient (Wildman–Crippen LogP) is 9.30. The summed E-state index contributed by atoms with van der Waals surface area (Å²) in [6, 6.07) is 0. The van der Waals surface area contributed by atoms with Crippen LogP contribution >= 0.6 is 0 Å². The van der Waals surface area contributed by atoms with Crippen LogP contribution in [-0.2, 0) is 4.79 Å². The zero-order valence-corrected chi connectivity index (χ0v) is 27.8. The molecule has 3 N–H and O–H groups in total. The maximum absolute atomic E-state index is 12.6. The van der Waals surface area contributed by atoms with Crippen molar-refractivity contribution < 1.29 is 20.1 Å². The van der Waals surface area contributed by atoms with Gasteiger partial charge in [-0.05, 0) is 70.8 Å². The van der Waals surface area contributed by atoms with Gasteiger partial charge in [0.25, 0.3) is 0 Å². The molecule has 3 atom stereocenters. The number of Topliss-reactive ketones (excluding diaryl/α,β-unsaturated/α-hetero) is 1. The molecule has 234 valence electrons. The third-order valence-corrected chi connectivity index (χ3v) is 8.48. The number of aliphatic hydroxyl groups excluding tert-OH is 3. The minimum Gasteiger partial charge on any atom is -0.504 e. The molecule has 0 spiro atoms. The van der Waals surface area contributed by atoms with Crippen LogP contribution in [0, 0.1) is 16.7 Å². The first-order chi connectivity index (χ1) is 20.0. The molecule has 2 aliphatic rings. The number of hydrogen-bond donors (Lipinski definition) is 3. The summed E-state index contributed by atoms with van der Waals surface area (Å²) >= 11 is 0. The number of aliphatic hydroxyl groups is 3. The van der Waals surface area contributed by atoms with Gasteiger partial charge in [0.15, 0.2) is 5.76 Å². The Hall–Kier alpha value is -3.21. The Morgan fingerprint density at radius 3 is 1.93 bits per heavy atom. The van der Waals surface area contributed by atoms with Crippen molar-refractivity contribution >= 4 is 5.78 Å². The molecule has 0 saturated heterocycles. The summed E-state index contributed by atoms with van der Waals surface area (Å²) in [5.74, 6) is -0.235.